The van der Waals surface area contributed by atoms with Crippen molar-refractivity contribution in [1.29, 1.82) is 0 Å². The third-order valence-electron chi connectivity index (χ3n) is 5.99. The zero-order valence-electron chi connectivity index (χ0n) is 18.8. The number of benzene rings is 2. The Morgan fingerprint density at radius 1 is 1.00 bits per heavy atom. The Kier molecular flexibility index (Phi) is 7.12. The third-order valence-corrected chi connectivity index (χ3v) is 9.01. The van der Waals surface area contributed by atoms with Crippen molar-refractivity contribution in [2.24, 2.45) is 5.92 Å². The van der Waals surface area contributed by atoms with Gasteiger partial charge in [-0.05, 0) is 68.0 Å². The second-order valence-electron chi connectivity index (χ2n) is 8.60. The van der Waals surface area contributed by atoms with Crippen molar-refractivity contribution >= 4 is 25.8 Å². The van der Waals surface area contributed by atoms with Gasteiger partial charge < -0.3 is 5.32 Å². The predicted molar refractivity (Wildman–Crippen MR) is 124 cm³/mol. The van der Waals surface area contributed by atoms with Gasteiger partial charge in [-0.15, -0.1) is 0 Å². The van der Waals surface area contributed by atoms with Gasteiger partial charge in [-0.3, -0.25) is 4.79 Å². The maximum Gasteiger partial charge on any atom is 0.252 e. The summed E-state index contributed by atoms with van der Waals surface area (Å²) in [4.78, 5) is 13.3. The normalized spacial score (nSPS) is 17.1. The first-order valence-electron chi connectivity index (χ1n) is 10.6. The van der Waals surface area contributed by atoms with Gasteiger partial charge in [0.25, 0.3) is 5.91 Å². The number of sulfonamides is 1. The van der Waals surface area contributed by atoms with Crippen LogP contribution < -0.4 is 5.32 Å². The zero-order chi connectivity index (χ0) is 23.7. The van der Waals surface area contributed by atoms with E-state index in [4.69, 9.17) is 0 Å². The molecule has 2 aromatic rings. The molecule has 1 atom stereocenters. The predicted octanol–water partition coefficient (Wildman–Crippen LogP) is 3.31. The van der Waals surface area contributed by atoms with Gasteiger partial charge in [-0.25, -0.2) is 16.8 Å². The van der Waals surface area contributed by atoms with Gasteiger partial charge in [0.15, 0.2) is 9.84 Å². The summed E-state index contributed by atoms with van der Waals surface area (Å²) in [5.41, 5.74) is 1.72. The fourth-order valence-electron chi connectivity index (χ4n) is 3.74. The number of nitrogens with one attached hydrogen (secondary N) is 1. The summed E-state index contributed by atoms with van der Waals surface area (Å²) in [7, 11) is -6.96. The van der Waals surface area contributed by atoms with Crippen molar-refractivity contribution in [3.05, 3.63) is 59.2 Å². The zero-order valence-corrected chi connectivity index (χ0v) is 20.5. The minimum atomic E-state index is -3.66. The average Bonchev–Trinajstić information content (AvgIpc) is 2.73. The molecule has 7 nitrogen and oxygen atoms in total. The first-order chi connectivity index (χ1) is 14.9. The number of sulfone groups is 1. The fraction of sp³-hybridized carbons (Fsp3) is 0.435. The van der Waals surface area contributed by atoms with Gasteiger partial charge in [0.2, 0.25) is 10.0 Å². The van der Waals surface area contributed by atoms with Crippen LogP contribution in [0.15, 0.2) is 52.3 Å². The number of nitrogens with zero attached hydrogens (tertiary/aromatic N) is 1. The Morgan fingerprint density at radius 3 is 2.12 bits per heavy atom. The van der Waals surface area contributed by atoms with Crippen LogP contribution in [0.25, 0.3) is 0 Å². The molecule has 1 N–H and O–H groups in total. The molecule has 2 aromatic carbocycles. The average molecular weight is 479 g/mol. The van der Waals surface area contributed by atoms with Crippen molar-refractivity contribution in [2.75, 3.05) is 19.3 Å². The molecule has 1 amide bonds. The van der Waals surface area contributed by atoms with Gasteiger partial charge in [-0.2, -0.15) is 4.31 Å². The highest BCUT2D eigenvalue weighted by molar-refractivity contribution is 7.90. The highest BCUT2D eigenvalue weighted by atomic mass is 32.2. The number of amides is 1. The highest BCUT2D eigenvalue weighted by Gasteiger charge is 2.29. The van der Waals surface area contributed by atoms with Gasteiger partial charge in [-0.1, -0.05) is 25.1 Å². The monoisotopic (exact) mass is 478 g/mol. The minimum absolute atomic E-state index is 0.118. The largest absolute Gasteiger partial charge is 0.346 e. The smallest absolute Gasteiger partial charge is 0.252 e. The lowest BCUT2D eigenvalue weighted by molar-refractivity contribution is 0.0939. The van der Waals surface area contributed by atoms with E-state index in [1.165, 1.54) is 22.5 Å². The molecule has 174 valence electrons. The van der Waals surface area contributed by atoms with E-state index in [0.29, 0.717) is 30.1 Å². The second-order valence-corrected chi connectivity index (χ2v) is 12.6. The Labute approximate surface area is 190 Å². The van der Waals surface area contributed by atoms with Crippen molar-refractivity contribution < 1.29 is 21.6 Å². The molecule has 3 rings (SSSR count). The van der Waals surface area contributed by atoms with Crippen LogP contribution in [0.2, 0.25) is 0 Å². The first kappa shape index (κ1) is 24.4. The second kappa shape index (κ2) is 9.33. The maximum atomic E-state index is 13.1. The maximum absolute atomic E-state index is 13.1. The Bertz CT molecular complexity index is 1200. The lowest BCUT2D eigenvalue weighted by Crippen LogP contribution is -2.38. The summed E-state index contributed by atoms with van der Waals surface area (Å²) < 4.78 is 50.9. The number of rotatable bonds is 6. The fourth-order valence-corrected chi connectivity index (χ4v) is 5.87. The molecule has 1 heterocycles. The molecule has 32 heavy (non-hydrogen) atoms. The van der Waals surface area contributed by atoms with Crippen LogP contribution in [0, 0.1) is 12.8 Å². The number of aryl methyl sites for hydroxylation is 1. The van der Waals surface area contributed by atoms with E-state index in [2.05, 4.69) is 12.2 Å². The molecule has 0 unspecified atom stereocenters. The molecule has 0 saturated carbocycles. The minimum Gasteiger partial charge on any atom is -0.346 e. The molecular weight excluding hydrogens is 448 g/mol. The highest BCUT2D eigenvalue weighted by Crippen LogP contribution is 2.25. The van der Waals surface area contributed by atoms with Crippen molar-refractivity contribution in [2.45, 2.75) is 49.4 Å². The van der Waals surface area contributed by atoms with E-state index in [1.54, 1.807) is 38.1 Å². The summed E-state index contributed by atoms with van der Waals surface area (Å²) in [6, 6.07) is 10.6. The van der Waals surface area contributed by atoms with E-state index >= 15 is 0 Å². The SMILES string of the molecule is Cc1ccc(S(=O)(=O)N2CCC(C)CC2)cc1C(=O)N[C@@H](C)c1ccc(S(C)(=O)=O)cc1. The van der Waals surface area contributed by atoms with Crippen LogP contribution in [0.5, 0.6) is 0 Å². The van der Waals surface area contributed by atoms with Crippen LogP contribution in [0.4, 0.5) is 0 Å². The van der Waals surface area contributed by atoms with Crippen LogP contribution in [-0.4, -0.2) is 46.4 Å². The van der Waals surface area contributed by atoms with E-state index < -0.39 is 19.9 Å². The van der Waals surface area contributed by atoms with Crippen LogP contribution >= 0.6 is 0 Å². The lowest BCUT2D eigenvalue weighted by atomic mass is 10.0. The van der Waals surface area contributed by atoms with Crippen molar-refractivity contribution in [3.63, 3.8) is 0 Å². The number of carbonyl (C=O) groups is 1. The molecule has 0 aromatic heterocycles. The molecular formula is C23H30N2O5S2. The molecule has 0 radical (unpaired) electrons. The van der Waals surface area contributed by atoms with E-state index in [0.717, 1.165) is 24.7 Å². The summed E-state index contributed by atoms with van der Waals surface area (Å²) in [5.74, 6) is 0.125. The molecule has 1 aliphatic heterocycles. The first-order valence-corrected chi connectivity index (χ1v) is 13.9. The van der Waals surface area contributed by atoms with E-state index in [9.17, 15) is 21.6 Å². The number of carbonyl (C=O) groups excluding carboxylic acids is 1. The summed E-state index contributed by atoms with van der Waals surface area (Å²) >= 11 is 0. The Hall–Kier alpha value is -2.23. The van der Waals surface area contributed by atoms with Gasteiger partial charge in [0.1, 0.15) is 0 Å². The lowest BCUT2D eigenvalue weighted by Gasteiger charge is -2.29. The van der Waals surface area contributed by atoms with Crippen LogP contribution in [0.3, 0.4) is 0 Å². The van der Waals surface area contributed by atoms with Gasteiger partial charge in [0.05, 0.1) is 15.8 Å². The standard InChI is InChI=1S/C23H30N2O5S2/c1-16-11-13-25(14-12-16)32(29,30)21-8-5-17(2)22(15-21)23(26)24-18(3)19-6-9-20(10-7-19)31(4,27)28/h5-10,15-16,18H,11-14H2,1-4H3,(H,24,26)/t18-/m0/s1. The summed E-state index contributed by atoms with van der Waals surface area (Å²) in [5, 5.41) is 2.88. The number of piperidine rings is 1. The summed E-state index contributed by atoms with van der Waals surface area (Å²) in [6.45, 7) is 6.64. The van der Waals surface area contributed by atoms with E-state index in [-0.39, 0.29) is 21.7 Å². The van der Waals surface area contributed by atoms with E-state index in [1.807, 2.05) is 0 Å². The Morgan fingerprint density at radius 2 is 1.56 bits per heavy atom. The third kappa shape index (κ3) is 5.39. The molecule has 1 fully saturated rings. The van der Waals surface area contributed by atoms with Crippen LogP contribution in [-0.2, 0) is 19.9 Å². The van der Waals surface area contributed by atoms with Crippen molar-refractivity contribution in [1.82, 2.24) is 9.62 Å². The number of hydrogen-bond acceptors (Lipinski definition) is 5. The molecule has 0 bridgehead atoms. The summed E-state index contributed by atoms with van der Waals surface area (Å²) in [6.07, 6.45) is 2.80. The molecule has 1 saturated heterocycles. The number of hydrogen-bond donors (Lipinski definition) is 1. The van der Waals surface area contributed by atoms with Crippen LogP contribution in [0.1, 0.15) is 54.2 Å². The quantitative estimate of drug-likeness (QED) is 0.687. The molecule has 1 aliphatic rings. The van der Waals surface area contributed by atoms with Gasteiger partial charge in [0, 0.05) is 24.9 Å². The van der Waals surface area contributed by atoms with Crippen molar-refractivity contribution in [3.8, 4) is 0 Å². The molecule has 9 heteroatoms. The molecule has 0 aliphatic carbocycles. The molecule has 0 spiro atoms. The Balaban J connectivity index is 1.79. The topological polar surface area (TPSA) is 101 Å². The van der Waals surface area contributed by atoms with Gasteiger partial charge >= 0.3 is 0 Å².